The fourth-order valence-electron chi connectivity index (χ4n) is 1.94. The first-order chi connectivity index (χ1) is 6.63. The molecule has 0 fully saturated rings. The predicted molar refractivity (Wildman–Crippen MR) is 58.5 cm³/mol. The average Bonchev–Trinajstić information content (AvgIpc) is 2.61. The summed E-state index contributed by atoms with van der Waals surface area (Å²) >= 11 is 0. The summed E-state index contributed by atoms with van der Waals surface area (Å²) in [4.78, 5) is 8.25. The number of aryl methyl sites for hydroxylation is 2. The molecule has 1 N–H and O–H groups in total. The van der Waals surface area contributed by atoms with Crippen molar-refractivity contribution in [3.05, 3.63) is 17.2 Å². The monoisotopic (exact) mass is 192 g/mol. The second-order valence-electron chi connectivity index (χ2n) is 4.96. The van der Waals surface area contributed by atoms with Crippen molar-refractivity contribution in [2.24, 2.45) is 0 Å². The molecule has 2 nitrogen and oxygen atoms in total. The van der Waals surface area contributed by atoms with Gasteiger partial charge in [0.1, 0.15) is 5.82 Å². The molecule has 2 heteroatoms. The molecule has 1 aliphatic carbocycles. The number of nitrogens with one attached hydrogen (secondary N) is 1. The largest absolute Gasteiger partial charge is 0.345 e. The van der Waals surface area contributed by atoms with Crippen LogP contribution in [0, 0.1) is 0 Å². The predicted octanol–water partition coefficient (Wildman–Crippen LogP) is 2.98. The van der Waals surface area contributed by atoms with Crippen molar-refractivity contribution in [2.45, 2.75) is 58.3 Å². The highest BCUT2D eigenvalue weighted by Gasteiger charge is 2.24. The van der Waals surface area contributed by atoms with Gasteiger partial charge in [0, 0.05) is 11.1 Å². The molecule has 1 aromatic rings. The van der Waals surface area contributed by atoms with E-state index >= 15 is 0 Å². The summed E-state index contributed by atoms with van der Waals surface area (Å²) in [5, 5.41) is 0. The van der Waals surface area contributed by atoms with E-state index in [-0.39, 0.29) is 5.41 Å². The van der Waals surface area contributed by atoms with Crippen molar-refractivity contribution in [3.63, 3.8) is 0 Å². The van der Waals surface area contributed by atoms with Crippen LogP contribution < -0.4 is 0 Å². The summed E-state index contributed by atoms with van der Waals surface area (Å²) < 4.78 is 0. The molecule has 0 radical (unpaired) electrons. The third-order valence-electron chi connectivity index (χ3n) is 3.48. The quantitative estimate of drug-likeness (QED) is 0.766. The van der Waals surface area contributed by atoms with Gasteiger partial charge in [0.05, 0.1) is 5.69 Å². The maximum Gasteiger partial charge on any atom is 0.112 e. The molecule has 0 aromatic carbocycles. The summed E-state index contributed by atoms with van der Waals surface area (Å²) in [6.45, 7) is 6.75. The van der Waals surface area contributed by atoms with Gasteiger partial charge in [-0.2, -0.15) is 0 Å². The zero-order valence-electron chi connectivity index (χ0n) is 9.48. The molecular weight excluding hydrogens is 172 g/mol. The number of imidazole rings is 1. The summed E-state index contributed by atoms with van der Waals surface area (Å²) in [6, 6.07) is 0. The van der Waals surface area contributed by atoms with Crippen LogP contribution in [0.3, 0.4) is 0 Å². The Kier molecular flexibility index (Phi) is 2.38. The van der Waals surface area contributed by atoms with Crippen molar-refractivity contribution in [3.8, 4) is 0 Å². The third kappa shape index (κ3) is 1.58. The van der Waals surface area contributed by atoms with Gasteiger partial charge in [0.25, 0.3) is 0 Å². The molecular formula is C12H20N2. The molecule has 0 spiro atoms. The van der Waals surface area contributed by atoms with Gasteiger partial charge in [0.15, 0.2) is 0 Å². The van der Waals surface area contributed by atoms with Crippen molar-refractivity contribution in [2.75, 3.05) is 0 Å². The van der Waals surface area contributed by atoms with Crippen LogP contribution in [0.2, 0.25) is 0 Å². The Morgan fingerprint density at radius 2 is 2.00 bits per heavy atom. The standard InChI is InChI=1S/C12H20N2/c1-4-12(2,3)11-13-9-7-5-6-8-10(9)14-11/h4-8H2,1-3H3,(H,13,14). The molecule has 1 aliphatic rings. The molecule has 0 saturated heterocycles. The molecule has 0 saturated carbocycles. The summed E-state index contributed by atoms with van der Waals surface area (Å²) in [5.41, 5.74) is 2.93. The van der Waals surface area contributed by atoms with E-state index in [1.165, 1.54) is 42.9 Å². The van der Waals surface area contributed by atoms with Crippen LogP contribution in [-0.2, 0) is 18.3 Å². The lowest BCUT2D eigenvalue weighted by Gasteiger charge is -2.19. The fourth-order valence-corrected chi connectivity index (χ4v) is 1.94. The van der Waals surface area contributed by atoms with Crippen LogP contribution in [0.15, 0.2) is 0 Å². The minimum absolute atomic E-state index is 0.206. The fraction of sp³-hybridized carbons (Fsp3) is 0.750. The topological polar surface area (TPSA) is 28.7 Å². The van der Waals surface area contributed by atoms with Crippen LogP contribution in [0.25, 0.3) is 0 Å². The minimum atomic E-state index is 0.206. The van der Waals surface area contributed by atoms with Crippen molar-refractivity contribution in [1.82, 2.24) is 9.97 Å². The van der Waals surface area contributed by atoms with Gasteiger partial charge < -0.3 is 4.98 Å². The van der Waals surface area contributed by atoms with Crippen molar-refractivity contribution in [1.29, 1.82) is 0 Å². The molecule has 2 rings (SSSR count). The second-order valence-corrected chi connectivity index (χ2v) is 4.96. The number of hydrogen-bond donors (Lipinski definition) is 1. The highest BCUT2D eigenvalue weighted by atomic mass is 15.0. The van der Waals surface area contributed by atoms with E-state index in [2.05, 4.69) is 25.8 Å². The molecule has 1 heterocycles. The molecule has 0 unspecified atom stereocenters. The Morgan fingerprint density at radius 3 is 2.64 bits per heavy atom. The van der Waals surface area contributed by atoms with E-state index in [0.717, 1.165) is 6.42 Å². The number of hydrogen-bond acceptors (Lipinski definition) is 1. The lowest BCUT2D eigenvalue weighted by molar-refractivity contribution is 0.476. The van der Waals surface area contributed by atoms with Crippen molar-refractivity contribution < 1.29 is 0 Å². The maximum atomic E-state index is 4.74. The number of H-pyrrole nitrogens is 1. The molecule has 0 atom stereocenters. The Morgan fingerprint density at radius 1 is 1.29 bits per heavy atom. The van der Waals surface area contributed by atoms with Crippen LogP contribution in [0.4, 0.5) is 0 Å². The number of nitrogens with zero attached hydrogens (tertiary/aromatic N) is 1. The summed E-state index contributed by atoms with van der Waals surface area (Å²) in [5.74, 6) is 1.19. The Labute approximate surface area is 86.1 Å². The van der Waals surface area contributed by atoms with Gasteiger partial charge >= 0.3 is 0 Å². The first kappa shape index (κ1) is 9.75. The number of aromatic amines is 1. The van der Waals surface area contributed by atoms with Gasteiger partial charge in [-0.05, 0) is 32.1 Å². The van der Waals surface area contributed by atoms with E-state index < -0.39 is 0 Å². The molecule has 0 amide bonds. The first-order valence-electron chi connectivity index (χ1n) is 5.71. The number of aromatic nitrogens is 2. The van der Waals surface area contributed by atoms with Crippen molar-refractivity contribution >= 4 is 0 Å². The van der Waals surface area contributed by atoms with E-state index in [4.69, 9.17) is 4.98 Å². The Balaban J connectivity index is 2.32. The average molecular weight is 192 g/mol. The normalized spacial score (nSPS) is 16.8. The van der Waals surface area contributed by atoms with Gasteiger partial charge in [-0.3, -0.25) is 0 Å². The SMILES string of the molecule is CCC(C)(C)c1nc2c([nH]1)CCCC2. The lowest BCUT2D eigenvalue weighted by atomic mass is 9.89. The zero-order valence-corrected chi connectivity index (χ0v) is 9.48. The number of rotatable bonds is 2. The first-order valence-corrected chi connectivity index (χ1v) is 5.71. The van der Waals surface area contributed by atoms with Gasteiger partial charge in [-0.15, -0.1) is 0 Å². The van der Waals surface area contributed by atoms with E-state index in [1.807, 2.05) is 0 Å². The summed E-state index contributed by atoms with van der Waals surface area (Å²) in [7, 11) is 0. The third-order valence-corrected chi connectivity index (χ3v) is 3.48. The smallest absolute Gasteiger partial charge is 0.112 e. The van der Waals surface area contributed by atoms with E-state index in [9.17, 15) is 0 Å². The van der Waals surface area contributed by atoms with E-state index in [0.29, 0.717) is 0 Å². The molecule has 1 aromatic heterocycles. The second kappa shape index (κ2) is 3.41. The summed E-state index contributed by atoms with van der Waals surface area (Å²) in [6.07, 6.45) is 6.14. The Hall–Kier alpha value is -0.790. The van der Waals surface area contributed by atoms with Crippen LogP contribution in [0.1, 0.15) is 57.2 Å². The van der Waals surface area contributed by atoms with Gasteiger partial charge in [0.2, 0.25) is 0 Å². The van der Waals surface area contributed by atoms with Gasteiger partial charge in [-0.25, -0.2) is 4.98 Å². The van der Waals surface area contributed by atoms with Crippen LogP contribution in [-0.4, -0.2) is 9.97 Å². The minimum Gasteiger partial charge on any atom is -0.345 e. The maximum absolute atomic E-state index is 4.74. The van der Waals surface area contributed by atoms with Crippen LogP contribution in [0.5, 0.6) is 0 Å². The molecule has 14 heavy (non-hydrogen) atoms. The van der Waals surface area contributed by atoms with E-state index in [1.54, 1.807) is 0 Å². The zero-order chi connectivity index (χ0) is 10.2. The van der Waals surface area contributed by atoms with Crippen LogP contribution >= 0.6 is 0 Å². The van der Waals surface area contributed by atoms with Gasteiger partial charge in [-0.1, -0.05) is 20.8 Å². The highest BCUT2D eigenvalue weighted by Crippen LogP contribution is 2.27. The molecule has 78 valence electrons. The molecule has 0 bridgehead atoms. The lowest BCUT2D eigenvalue weighted by Crippen LogP contribution is -2.17. The molecule has 0 aliphatic heterocycles. The Bertz CT molecular complexity index is 300. The number of fused-ring (bicyclic) bond motifs is 1. The highest BCUT2D eigenvalue weighted by molar-refractivity contribution is 5.21.